The predicted octanol–water partition coefficient (Wildman–Crippen LogP) is 2.55. The summed E-state index contributed by atoms with van der Waals surface area (Å²) in [5.41, 5.74) is 1.91. The number of hydrogen-bond acceptors (Lipinski definition) is 4. The fourth-order valence-electron chi connectivity index (χ4n) is 3.35. The number of fused-ring (bicyclic) bond motifs is 1. The van der Waals surface area contributed by atoms with E-state index < -0.39 is 23.7 Å². The van der Waals surface area contributed by atoms with E-state index in [1.165, 1.54) is 19.2 Å². The topological polar surface area (TPSA) is 108 Å². The summed E-state index contributed by atoms with van der Waals surface area (Å²) in [5, 5.41) is 11.9. The Morgan fingerprint density at radius 3 is 2.67 bits per heavy atom. The number of amides is 1. The Balaban J connectivity index is 1.90. The van der Waals surface area contributed by atoms with Gasteiger partial charge in [-0.15, -0.1) is 0 Å². The second-order valence-corrected chi connectivity index (χ2v) is 6.39. The lowest BCUT2D eigenvalue weighted by molar-refractivity contribution is -0.139. The normalized spacial score (nSPS) is 14.4. The fraction of sp³-hybridized carbons (Fsp3) is 0.316. The number of ketones is 1. The number of hydrogen-bond donors (Lipinski definition) is 3. The van der Waals surface area contributed by atoms with E-state index in [1.54, 1.807) is 6.92 Å². The van der Waals surface area contributed by atoms with Gasteiger partial charge in [-0.2, -0.15) is 0 Å². The molecule has 1 unspecified atom stereocenters. The number of carboxylic acids is 1. The number of carboxylic acid groups (broad SMARTS) is 1. The zero-order chi connectivity index (χ0) is 19.7. The number of rotatable bonds is 5. The number of methoxy groups -OCH3 is 1. The van der Waals surface area contributed by atoms with E-state index in [0.29, 0.717) is 36.1 Å². The van der Waals surface area contributed by atoms with Crippen LogP contribution in [0, 0.1) is 12.7 Å². The number of nitrogens with one attached hydrogen (secondary N) is 2. The summed E-state index contributed by atoms with van der Waals surface area (Å²) in [7, 11) is 1.30. The molecule has 142 valence electrons. The van der Waals surface area contributed by atoms with Crippen LogP contribution in [0.5, 0.6) is 5.75 Å². The number of aliphatic carboxylic acids is 1. The second-order valence-electron chi connectivity index (χ2n) is 6.39. The lowest BCUT2D eigenvalue weighted by Crippen LogP contribution is -2.34. The van der Waals surface area contributed by atoms with Crippen molar-refractivity contribution in [3.05, 3.63) is 52.1 Å². The lowest BCUT2D eigenvalue weighted by atomic mass is 9.94. The molecule has 0 fully saturated rings. The first kappa shape index (κ1) is 18.6. The fourth-order valence-corrected chi connectivity index (χ4v) is 3.35. The molecule has 3 N–H and O–H groups in total. The van der Waals surface area contributed by atoms with Crippen molar-refractivity contribution in [1.29, 1.82) is 0 Å². The van der Waals surface area contributed by atoms with E-state index >= 15 is 0 Å². The zero-order valence-electron chi connectivity index (χ0n) is 14.9. The van der Waals surface area contributed by atoms with Crippen LogP contribution in [0.15, 0.2) is 18.2 Å². The first-order valence-electron chi connectivity index (χ1n) is 8.45. The molecule has 0 saturated carbocycles. The van der Waals surface area contributed by atoms with Crippen molar-refractivity contribution in [2.75, 3.05) is 7.11 Å². The van der Waals surface area contributed by atoms with E-state index in [9.17, 15) is 23.9 Å². The van der Waals surface area contributed by atoms with Gasteiger partial charge in [-0.1, -0.05) is 6.07 Å². The van der Waals surface area contributed by atoms with E-state index in [1.807, 2.05) is 0 Å². The Kier molecular flexibility index (Phi) is 4.98. The number of carbonyl (C=O) groups is 3. The van der Waals surface area contributed by atoms with Crippen molar-refractivity contribution in [3.63, 3.8) is 0 Å². The minimum atomic E-state index is -1.45. The maximum atomic E-state index is 13.9. The number of Topliss-reactive ketones (excluding diaryl/α,β-unsaturated/α-hetero) is 1. The van der Waals surface area contributed by atoms with E-state index in [0.717, 1.165) is 6.07 Å². The molecule has 0 spiro atoms. The van der Waals surface area contributed by atoms with Gasteiger partial charge in [0.2, 0.25) is 0 Å². The number of aromatic nitrogens is 1. The molecule has 1 aliphatic carbocycles. The maximum Gasteiger partial charge on any atom is 0.330 e. The molecule has 7 nitrogen and oxygen atoms in total. The predicted molar refractivity (Wildman–Crippen MR) is 93.6 cm³/mol. The Labute approximate surface area is 154 Å². The molecule has 0 aliphatic heterocycles. The van der Waals surface area contributed by atoms with Gasteiger partial charge >= 0.3 is 5.97 Å². The number of halogens is 1. The van der Waals surface area contributed by atoms with Gasteiger partial charge in [-0.05, 0) is 43.0 Å². The molecule has 0 bridgehead atoms. The molecule has 1 amide bonds. The molecular formula is C19H19FN2O5. The minimum Gasteiger partial charge on any atom is -0.494 e. The van der Waals surface area contributed by atoms with Crippen molar-refractivity contribution >= 4 is 17.7 Å². The molecule has 27 heavy (non-hydrogen) atoms. The Hall–Kier alpha value is -3.16. The van der Waals surface area contributed by atoms with Crippen molar-refractivity contribution in [1.82, 2.24) is 10.3 Å². The van der Waals surface area contributed by atoms with Crippen LogP contribution >= 0.6 is 0 Å². The molecule has 3 rings (SSSR count). The molecule has 8 heteroatoms. The number of benzene rings is 1. The van der Waals surface area contributed by atoms with Gasteiger partial charge < -0.3 is 20.1 Å². The molecule has 1 aromatic carbocycles. The van der Waals surface area contributed by atoms with Crippen molar-refractivity contribution in [3.8, 4) is 5.75 Å². The largest absolute Gasteiger partial charge is 0.494 e. The summed E-state index contributed by atoms with van der Waals surface area (Å²) in [6, 6.07) is 2.23. The Morgan fingerprint density at radius 2 is 2.07 bits per heavy atom. The van der Waals surface area contributed by atoms with Crippen LogP contribution in [0.25, 0.3) is 0 Å². The van der Waals surface area contributed by atoms with Crippen LogP contribution in [0.2, 0.25) is 0 Å². The van der Waals surface area contributed by atoms with Crippen LogP contribution in [0.4, 0.5) is 4.39 Å². The summed E-state index contributed by atoms with van der Waals surface area (Å²) < 4.78 is 18.7. The van der Waals surface area contributed by atoms with Crippen molar-refractivity contribution < 1.29 is 28.6 Å². The number of aromatic amines is 1. The van der Waals surface area contributed by atoms with Crippen LogP contribution in [-0.2, 0) is 11.2 Å². The van der Waals surface area contributed by atoms with Gasteiger partial charge in [-0.3, -0.25) is 9.59 Å². The Morgan fingerprint density at radius 1 is 1.33 bits per heavy atom. The van der Waals surface area contributed by atoms with Crippen LogP contribution in [0.3, 0.4) is 0 Å². The maximum absolute atomic E-state index is 13.9. The number of carbonyl (C=O) groups excluding carboxylic acids is 2. The summed E-state index contributed by atoms with van der Waals surface area (Å²) in [6.07, 6.45) is 1.78. The summed E-state index contributed by atoms with van der Waals surface area (Å²) in [6.45, 7) is 1.65. The third-order valence-corrected chi connectivity index (χ3v) is 4.70. The van der Waals surface area contributed by atoms with Crippen LogP contribution < -0.4 is 10.1 Å². The smallest absolute Gasteiger partial charge is 0.330 e. The van der Waals surface area contributed by atoms with Crippen LogP contribution in [0.1, 0.15) is 56.6 Å². The van der Waals surface area contributed by atoms with E-state index in [4.69, 9.17) is 4.74 Å². The summed E-state index contributed by atoms with van der Waals surface area (Å²) >= 11 is 0. The Bertz CT molecular complexity index is 934. The number of aryl methyl sites for hydroxylation is 1. The average Bonchev–Trinajstić information content (AvgIpc) is 2.97. The highest BCUT2D eigenvalue weighted by Crippen LogP contribution is 2.27. The molecule has 0 radical (unpaired) electrons. The highest BCUT2D eigenvalue weighted by molar-refractivity contribution is 6.04. The lowest BCUT2D eigenvalue weighted by Gasteiger charge is -2.15. The third kappa shape index (κ3) is 3.42. The zero-order valence-corrected chi connectivity index (χ0v) is 14.9. The minimum absolute atomic E-state index is 0.0272. The number of ether oxygens (including phenoxy) is 1. The number of H-pyrrole nitrogens is 1. The summed E-state index contributed by atoms with van der Waals surface area (Å²) in [5.74, 6) is -2.79. The highest BCUT2D eigenvalue weighted by Gasteiger charge is 2.29. The first-order chi connectivity index (χ1) is 12.8. The van der Waals surface area contributed by atoms with Gasteiger partial charge in [-0.25, -0.2) is 9.18 Å². The van der Waals surface area contributed by atoms with Crippen LogP contribution in [-0.4, -0.2) is 34.9 Å². The molecule has 2 aromatic rings. The third-order valence-electron chi connectivity index (χ3n) is 4.70. The molecule has 1 aromatic heterocycles. The quantitative estimate of drug-likeness (QED) is 0.745. The monoisotopic (exact) mass is 374 g/mol. The van der Waals surface area contributed by atoms with Crippen molar-refractivity contribution in [2.45, 2.75) is 32.2 Å². The molecule has 1 heterocycles. The molecule has 0 saturated heterocycles. The first-order valence-corrected chi connectivity index (χ1v) is 8.45. The van der Waals surface area contributed by atoms with Gasteiger partial charge in [0.25, 0.3) is 5.91 Å². The highest BCUT2D eigenvalue weighted by atomic mass is 19.1. The van der Waals surface area contributed by atoms with Gasteiger partial charge in [0.1, 0.15) is 5.69 Å². The van der Waals surface area contributed by atoms with Gasteiger partial charge in [0.15, 0.2) is 23.4 Å². The summed E-state index contributed by atoms with van der Waals surface area (Å²) in [4.78, 5) is 39.3. The van der Waals surface area contributed by atoms with Gasteiger partial charge in [0.05, 0.1) is 7.11 Å². The SMILES string of the molecule is COc1ccc(C(NC(=O)c2[nH]c3c(c2C)C(=O)CCC3)C(=O)O)cc1F. The molecule has 1 aliphatic rings. The van der Waals surface area contributed by atoms with Gasteiger partial charge in [0, 0.05) is 17.7 Å². The second kappa shape index (κ2) is 7.22. The molecular weight excluding hydrogens is 355 g/mol. The van der Waals surface area contributed by atoms with E-state index in [-0.39, 0.29) is 22.8 Å². The average molecular weight is 374 g/mol. The van der Waals surface area contributed by atoms with E-state index in [2.05, 4.69) is 10.3 Å². The molecule has 1 atom stereocenters. The standard InChI is InChI=1S/C19H19FN2O5/c1-9-15-12(4-3-5-13(15)23)21-16(9)18(24)22-17(19(25)26)10-6-7-14(27-2)11(20)8-10/h6-8,17,21H,3-5H2,1-2H3,(H,22,24)(H,25,26). The van der Waals surface area contributed by atoms with Crippen molar-refractivity contribution in [2.24, 2.45) is 0 Å².